The lowest BCUT2D eigenvalue weighted by molar-refractivity contribution is -0.126. The molecule has 1 atom stereocenters. The second-order valence-electron chi connectivity index (χ2n) is 8.96. The molecule has 1 aromatic heterocycles. The van der Waals surface area contributed by atoms with Crippen LogP contribution in [0.15, 0.2) is 65.2 Å². The van der Waals surface area contributed by atoms with Crippen LogP contribution in [0.1, 0.15) is 51.9 Å². The molecule has 0 saturated heterocycles. The van der Waals surface area contributed by atoms with Gasteiger partial charge >= 0.3 is 0 Å². The zero-order chi connectivity index (χ0) is 23.8. The van der Waals surface area contributed by atoms with Gasteiger partial charge in [0.25, 0.3) is 0 Å². The summed E-state index contributed by atoms with van der Waals surface area (Å²) in [5, 5.41) is 9.51. The number of hydrogen-bond acceptors (Lipinski definition) is 5. The van der Waals surface area contributed by atoms with Gasteiger partial charge in [0.05, 0.1) is 6.42 Å². The summed E-state index contributed by atoms with van der Waals surface area (Å²) in [7, 11) is 0. The van der Waals surface area contributed by atoms with Crippen molar-refractivity contribution >= 4 is 17.6 Å². The van der Waals surface area contributed by atoms with Gasteiger partial charge in [0.15, 0.2) is 5.82 Å². The quantitative estimate of drug-likeness (QED) is 0.466. The Labute approximate surface area is 194 Å². The van der Waals surface area contributed by atoms with Crippen LogP contribution in [0.2, 0.25) is 0 Å². The van der Waals surface area contributed by atoms with E-state index in [4.69, 9.17) is 9.26 Å². The Morgan fingerprint density at radius 3 is 2.42 bits per heavy atom. The van der Waals surface area contributed by atoms with E-state index in [1.807, 2.05) is 82.3 Å². The number of ether oxygens (including phenoxy) is 1. The number of aromatic nitrogens is 1. The van der Waals surface area contributed by atoms with Crippen molar-refractivity contribution in [3.8, 4) is 11.5 Å². The maximum absolute atomic E-state index is 12.8. The van der Waals surface area contributed by atoms with E-state index in [0.717, 1.165) is 17.7 Å². The molecule has 3 rings (SSSR count). The van der Waals surface area contributed by atoms with Crippen LogP contribution in [0.4, 0.5) is 5.82 Å². The van der Waals surface area contributed by atoms with Gasteiger partial charge in [0.2, 0.25) is 11.8 Å². The van der Waals surface area contributed by atoms with Crippen molar-refractivity contribution in [3.05, 3.63) is 72.0 Å². The molecule has 7 nitrogen and oxygen atoms in total. The van der Waals surface area contributed by atoms with E-state index in [-0.39, 0.29) is 23.7 Å². The molecule has 2 aromatic carbocycles. The molecule has 3 aromatic rings. The van der Waals surface area contributed by atoms with E-state index in [0.29, 0.717) is 23.7 Å². The molecular formula is C26H31N3O4. The molecule has 2 N–H and O–H groups in total. The number of carbonyl (C=O) groups is 2. The smallest absolute Gasteiger partial charge is 0.248 e. The van der Waals surface area contributed by atoms with Gasteiger partial charge in [0.1, 0.15) is 23.3 Å². The monoisotopic (exact) mass is 449 g/mol. The molecular weight excluding hydrogens is 418 g/mol. The van der Waals surface area contributed by atoms with E-state index in [1.54, 1.807) is 6.07 Å². The van der Waals surface area contributed by atoms with Crippen LogP contribution in [0.5, 0.6) is 11.5 Å². The number of carbonyl (C=O) groups excluding carboxylic acids is 2. The van der Waals surface area contributed by atoms with Gasteiger partial charge in [0, 0.05) is 11.5 Å². The summed E-state index contributed by atoms with van der Waals surface area (Å²) in [5.74, 6) is 1.82. The van der Waals surface area contributed by atoms with Crippen LogP contribution < -0.4 is 15.4 Å². The van der Waals surface area contributed by atoms with Crippen molar-refractivity contribution in [1.29, 1.82) is 0 Å². The summed E-state index contributed by atoms with van der Waals surface area (Å²) in [6, 6.07) is 17.9. The van der Waals surface area contributed by atoms with E-state index >= 15 is 0 Å². The Morgan fingerprint density at radius 2 is 1.76 bits per heavy atom. The second-order valence-corrected chi connectivity index (χ2v) is 8.96. The molecule has 2 amide bonds. The predicted molar refractivity (Wildman–Crippen MR) is 127 cm³/mol. The minimum atomic E-state index is -0.666. The number of amides is 2. The normalized spacial score (nSPS) is 12.1. The van der Waals surface area contributed by atoms with Crippen molar-refractivity contribution in [3.63, 3.8) is 0 Å². The molecule has 1 heterocycles. The van der Waals surface area contributed by atoms with Crippen molar-refractivity contribution in [2.24, 2.45) is 0 Å². The highest BCUT2D eigenvalue weighted by atomic mass is 16.5. The number of rotatable bonds is 9. The molecule has 174 valence electrons. The highest BCUT2D eigenvalue weighted by Crippen LogP contribution is 2.25. The maximum atomic E-state index is 12.8. The molecule has 0 aliphatic carbocycles. The lowest BCUT2D eigenvalue weighted by Gasteiger charge is -2.17. The van der Waals surface area contributed by atoms with Crippen LogP contribution in [0.25, 0.3) is 0 Å². The lowest BCUT2D eigenvalue weighted by atomic mass is 9.93. The van der Waals surface area contributed by atoms with Gasteiger partial charge in [-0.25, -0.2) is 0 Å². The zero-order valence-corrected chi connectivity index (χ0v) is 19.6. The molecule has 33 heavy (non-hydrogen) atoms. The number of para-hydroxylation sites is 1. The Kier molecular flexibility index (Phi) is 7.87. The van der Waals surface area contributed by atoms with E-state index in [1.165, 1.54) is 0 Å². The van der Waals surface area contributed by atoms with Gasteiger partial charge in [-0.15, -0.1) is 0 Å². The molecule has 0 fully saturated rings. The lowest BCUT2D eigenvalue weighted by Crippen LogP contribution is -2.44. The first-order valence-electron chi connectivity index (χ1n) is 11.1. The van der Waals surface area contributed by atoms with Crippen LogP contribution in [-0.2, 0) is 21.4 Å². The molecule has 0 aliphatic heterocycles. The topological polar surface area (TPSA) is 93.5 Å². The third-order valence-corrected chi connectivity index (χ3v) is 4.97. The van der Waals surface area contributed by atoms with E-state index < -0.39 is 6.04 Å². The van der Waals surface area contributed by atoms with E-state index in [9.17, 15) is 9.59 Å². The number of nitrogens with one attached hydrogen (secondary N) is 2. The van der Waals surface area contributed by atoms with Gasteiger partial charge in [-0.2, -0.15) is 0 Å². The first-order chi connectivity index (χ1) is 15.7. The average Bonchev–Trinajstić information content (AvgIpc) is 3.23. The second kappa shape index (κ2) is 10.8. The van der Waals surface area contributed by atoms with Crippen molar-refractivity contribution in [2.45, 2.75) is 58.4 Å². The largest absolute Gasteiger partial charge is 0.457 e. The maximum Gasteiger partial charge on any atom is 0.248 e. The third kappa shape index (κ3) is 7.20. The molecule has 7 heteroatoms. The number of anilines is 1. The standard InChI is InChI=1S/C26H31N3O4/c1-5-10-21(25(31)28-23-17-22(33-29-23)26(2,3)4)27-24(30)16-18-11-9-14-20(15-18)32-19-12-7-6-8-13-19/h6-9,11-15,17,21H,5,10,16H2,1-4H3,(H,27,30)(H,28,29,31). The molecule has 0 bridgehead atoms. The summed E-state index contributed by atoms with van der Waals surface area (Å²) in [4.78, 5) is 25.5. The first-order valence-corrected chi connectivity index (χ1v) is 11.1. The fourth-order valence-corrected chi connectivity index (χ4v) is 3.23. The SMILES string of the molecule is CCCC(NC(=O)Cc1cccc(Oc2ccccc2)c1)C(=O)Nc1cc(C(C)(C)C)on1. The number of benzene rings is 2. The van der Waals surface area contributed by atoms with Gasteiger partial charge in [-0.3, -0.25) is 9.59 Å². The predicted octanol–water partition coefficient (Wildman–Crippen LogP) is 5.23. The number of nitrogens with zero attached hydrogens (tertiary/aromatic N) is 1. The number of hydrogen-bond donors (Lipinski definition) is 2. The molecule has 0 radical (unpaired) electrons. The minimum Gasteiger partial charge on any atom is -0.457 e. The Bertz CT molecular complexity index is 1070. The van der Waals surface area contributed by atoms with Crippen molar-refractivity contribution in [1.82, 2.24) is 10.5 Å². The van der Waals surface area contributed by atoms with Gasteiger partial charge in [-0.05, 0) is 36.2 Å². The molecule has 0 aliphatic rings. The van der Waals surface area contributed by atoms with Crippen LogP contribution in [0, 0.1) is 0 Å². The minimum absolute atomic E-state index is 0.137. The Morgan fingerprint density at radius 1 is 1.03 bits per heavy atom. The Balaban J connectivity index is 1.60. The van der Waals surface area contributed by atoms with Gasteiger partial charge < -0.3 is 19.9 Å². The van der Waals surface area contributed by atoms with Crippen LogP contribution in [-0.4, -0.2) is 23.0 Å². The van der Waals surface area contributed by atoms with E-state index in [2.05, 4.69) is 15.8 Å². The van der Waals surface area contributed by atoms with Crippen molar-refractivity contribution in [2.75, 3.05) is 5.32 Å². The molecule has 1 unspecified atom stereocenters. The Hall–Kier alpha value is -3.61. The van der Waals surface area contributed by atoms with Gasteiger partial charge in [-0.1, -0.05) is 69.6 Å². The van der Waals surface area contributed by atoms with Crippen molar-refractivity contribution < 1.29 is 18.8 Å². The fraction of sp³-hybridized carbons (Fsp3) is 0.346. The third-order valence-electron chi connectivity index (χ3n) is 4.97. The zero-order valence-electron chi connectivity index (χ0n) is 19.6. The molecule has 0 spiro atoms. The van der Waals surface area contributed by atoms with Crippen LogP contribution >= 0.6 is 0 Å². The highest BCUT2D eigenvalue weighted by Gasteiger charge is 2.24. The summed E-state index contributed by atoms with van der Waals surface area (Å²) in [6.07, 6.45) is 1.39. The van der Waals surface area contributed by atoms with Crippen LogP contribution in [0.3, 0.4) is 0 Å². The first kappa shape index (κ1) is 24.0. The average molecular weight is 450 g/mol. The summed E-state index contributed by atoms with van der Waals surface area (Å²) >= 11 is 0. The highest BCUT2D eigenvalue weighted by molar-refractivity contribution is 5.96. The molecule has 0 saturated carbocycles. The fourth-order valence-electron chi connectivity index (χ4n) is 3.23. The summed E-state index contributed by atoms with van der Waals surface area (Å²) in [6.45, 7) is 7.96. The summed E-state index contributed by atoms with van der Waals surface area (Å²) in [5.41, 5.74) is 0.578. The summed E-state index contributed by atoms with van der Waals surface area (Å²) < 4.78 is 11.2.